The van der Waals surface area contributed by atoms with Crippen molar-refractivity contribution in [2.45, 2.75) is 26.1 Å². The number of nitrogens with one attached hydrogen (secondary N) is 1. The molecule has 0 radical (unpaired) electrons. The molecule has 0 aliphatic carbocycles. The molecule has 4 aromatic rings. The lowest BCUT2D eigenvalue weighted by molar-refractivity contribution is -0.129. The molecule has 3 heterocycles. The number of pyridine rings is 1. The lowest BCUT2D eigenvalue weighted by atomic mass is 10.1. The fourth-order valence-electron chi connectivity index (χ4n) is 3.55. The molecule has 2 amide bonds. The second kappa shape index (κ2) is 9.87. The van der Waals surface area contributed by atoms with E-state index in [4.69, 9.17) is 0 Å². The van der Waals surface area contributed by atoms with E-state index in [1.807, 2.05) is 33.6 Å². The van der Waals surface area contributed by atoms with Crippen molar-refractivity contribution in [1.29, 1.82) is 0 Å². The topological polar surface area (TPSA) is 93.8 Å². The van der Waals surface area contributed by atoms with E-state index in [2.05, 4.69) is 21.8 Å². The molecule has 0 fully saturated rings. The Kier molecular flexibility index (Phi) is 6.71. The summed E-state index contributed by atoms with van der Waals surface area (Å²) in [5.74, 6) is 0. The number of fused-ring (bicyclic) bond motifs is 1. The average molecular weight is 486 g/mol. The number of hydrogen-bond donors (Lipinski definition) is 1. The van der Waals surface area contributed by atoms with Crippen LogP contribution in [0.2, 0.25) is 0 Å². The van der Waals surface area contributed by atoms with Gasteiger partial charge >= 0.3 is 18.7 Å². The Hall–Kier alpha value is -4.35. The first-order chi connectivity index (χ1) is 16.8. The van der Waals surface area contributed by atoms with Crippen LogP contribution in [0.15, 0.2) is 61.2 Å². The van der Waals surface area contributed by atoms with Crippen LogP contribution < -0.4 is 10.4 Å². The lowest BCUT2D eigenvalue weighted by Crippen LogP contribution is -2.43. The maximum absolute atomic E-state index is 12.5. The molecule has 4 rings (SSSR count). The largest absolute Gasteiger partial charge is 0.405 e. The van der Waals surface area contributed by atoms with Crippen LogP contribution in [0.25, 0.3) is 28.0 Å². The molecule has 1 aromatic carbocycles. The Balaban J connectivity index is 1.62. The third-order valence-corrected chi connectivity index (χ3v) is 5.08. The van der Waals surface area contributed by atoms with Crippen LogP contribution >= 0.6 is 0 Å². The molecule has 12 heteroatoms. The van der Waals surface area contributed by atoms with E-state index in [1.54, 1.807) is 29.8 Å². The van der Waals surface area contributed by atoms with Gasteiger partial charge in [-0.15, -0.1) is 5.06 Å². The lowest BCUT2D eigenvalue weighted by Gasteiger charge is -2.20. The van der Waals surface area contributed by atoms with Crippen LogP contribution in [0.4, 0.5) is 23.7 Å². The average Bonchev–Trinajstić information content (AvgIpc) is 3.47. The highest BCUT2D eigenvalue weighted by Crippen LogP contribution is 2.28. The molecule has 0 saturated heterocycles. The number of urea groups is 1. The Labute approximate surface area is 197 Å². The summed E-state index contributed by atoms with van der Waals surface area (Å²) in [5.41, 5.74) is 3.88. The molecule has 0 bridgehead atoms. The number of aromatic nitrogens is 4. The smallest absolute Gasteiger partial charge is 0.335 e. The summed E-state index contributed by atoms with van der Waals surface area (Å²) in [6, 6.07) is 8.84. The van der Waals surface area contributed by atoms with Gasteiger partial charge in [0.15, 0.2) is 0 Å². The number of alkyl halides is 3. The van der Waals surface area contributed by atoms with Crippen molar-refractivity contribution in [2.24, 2.45) is 0 Å². The molecule has 0 aliphatic rings. The molecule has 9 nitrogen and oxygen atoms in total. The van der Waals surface area contributed by atoms with E-state index in [0.717, 1.165) is 24.1 Å². The number of hydroxylamine groups is 1. The van der Waals surface area contributed by atoms with Gasteiger partial charge in [0.2, 0.25) is 0 Å². The zero-order valence-electron chi connectivity index (χ0n) is 18.6. The molecule has 0 aliphatic heterocycles. The minimum absolute atomic E-state index is 0.0434. The van der Waals surface area contributed by atoms with Crippen LogP contribution in [0, 0.1) is 0 Å². The first-order valence-electron chi connectivity index (χ1n) is 10.6. The number of anilines is 1. The van der Waals surface area contributed by atoms with Gasteiger partial charge < -0.3 is 10.2 Å². The highest BCUT2D eigenvalue weighted by molar-refractivity contribution is 5.91. The highest BCUT2D eigenvalue weighted by Gasteiger charge is 2.30. The van der Waals surface area contributed by atoms with E-state index < -0.39 is 18.8 Å². The predicted octanol–water partition coefficient (Wildman–Crippen LogP) is 4.44. The summed E-state index contributed by atoms with van der Waals surface area (Å²) < 4.78 is 41.1. The summed E-state index contributed by atoms with van der Waals surface area (Å²) in [7, 11) is 0. The number of aryl methyl sites for hydroxylation is 1. The number of carbonyl (C=O) groups is 2. The van der Waals surface area contributed by atoms with Crippen LogP contribution in [0.1, 0.15) is 13.3 Å². The Bertz CT molecular complexity index is 1350. The van der Waals surface area contributed by atoms with E-state index in [-0.39, 0.29) is 12.2 Å². The first kappa shape index (κ1) is 23.8. The molecular weight excluding hydrogens is 465 g/mol. The molecule has 1 N–H and O–H groups in total. The van der Waals surface area contributed by atoms with Crippen molar-refractivity contribution in [3.05, 3.63) is 61.2 Å². The Morgan fingerprint density at radius 2 is 2.00 bits per heavy atom. The highest BCUT2D eigenvalue weighted by atomic mass is 19.4. The second-order valence-corrected chi connectivity index (χ2v) is 7.60. The van der Waals surface area contributed by atoms with Crippen molar-refractivity contribution < 1.29 is 27.6 Å². The number of amides is 2. The Morgan fingerprint density at radius 3 is 2.74 bits per heavy atom. The fraction of sp³-hybridized carbons (Fsp3) is 0.217. The van der Waals surface area contributed by atoms with Crippen molar-refractivity contribution in [2.75, 3.05) is 11.6 Å². The minimum Gasteiger partial charge on any atom is -0.335 e. The monoisotopic (exact) mass is 486 g/mol. The van der Waals surface area contributed by atoms with Crippen LogP contribution in [0.3, 0.4) is 0 Å². The van der Waals surface area contributed by atoms with E-state index in [9.17, 15) is 22.8 Å². The number of rotatable bonds is 8. The van der Waals surface area contributed by atoms with Crippen molar-refractivity contribution in [1.82, 2.24) is 24.5 Å². The third kappa shape index (κ3) is 5.42. The number of carbonyl (C=O) groups excluding carboxylic acids is 2. The van der Waals surface area contributed by atoms with Crippen molar-refractivity contribution in [3.63, 3.8) is 0 Å². The van der Waals surface area contributed by atoms with E-state index >= 15 is 0 Å². The van der Waals surface area contributed by atoms with Crippen molar-refractivity contribution >= 4 is 23.8 Å². The Morgan fingerprint density at radius 1 is 1.17 bits per heavy atom. The SMILES string of the molecule is CCCn1cc(-c2ccn3c(-c4cccc(N(OC=O)C(=O)NCC(F)(F)F)c4)cnc3c2)cn1. The number of halogens is 3. The van der Waals surface area contributed by atoms with Gasteiger partial charge in [-0.3, -0.25) is 13.9 Å². The summed E-state index contributed by atoms with van der Waals surface area (Å²) in [6.07, 6.45) is 3.59. The fourth-order valence-corrected chi connectivity index (χ4v) is 3.55. The minimum atomic E-state index is -4.62. The summed E-state index contributed by atoms with van der Waals surface area (Å²) in [4.78, 5) is 32.2. The summed E-state index contributed by atoms with van der Waals surface area (Å²) in [6.45, 7) is 1.29. The quantitative estimate of drug-likeness (QED) is 0.294. The zero-order valence-corrected chi connectivity index (χ0v) is 18.6. The van der Waals surface area contributed by atoms with Gasteiger partial charge in [0.1, 0.15) is 12.2 Å². The predicted molar refractivity (Wildman–Crippen MR) is 121 cm³/mol. The molecule has 3 aromatic heterocycles. The maximum atomic E-state index is 12.5. The van der Waals surface area contributed by atoms with Gasteiger partial charge in [-0.1, -0.05) is 19.1 Å². The van der Waals surface area contributed by atoms with Crippen molar-refractivity contribution in [3.8, 4) is 22.4 Å². The number of benzene rings is 1. The van der Waals surface area contributed by atoms with Gasteiger partial charge in [0.25, 0.3) is 0 Å². The third-order valence-electron chi connectivity index (χ3n) is 5.08. The molecular formula is C23H21F3N6O3. The van der Waals surface area contributed by atoms with Gasteiger partial charge in [0, 0.05) is 30.1 Å². The standard InChI is InChI=1S/C23H21F3N6O3/c1-2-7-30-13-18(11-29-30)16-6-8-31-20(12-27-21(31)10-16)17-4-3-5-19(9-17)32(35-15-33)22(34)28-14-23(24,25)26/h3-6,8-13,15H,2,7,14H2,1H3,(H,28,34). The summed E-state index contributed by atoms with van der Waals surface area (Å²) >= 11 is 0. The summed E-state index contributed by atoms with van der Waals surface area (Å²) in [5, 5.41) is 6.48. The van der Waals surface area contributed by atoms with Gasteiger partial charge in [-0.05, 0) is 36.2 Å². The number of imidazole rings is 1. The normalized spacial score (nSPS) is 11.4. The van der Waals surface area contributed by atoms with E-state index in [1.165, 1.54) is 12.1 Å². The van der Waals surface area contributed by atoms with Gasteiger partial charge in [-0.2, -0.15) is 18.3 Å². The molecule has 35 heavy (non-hydrogen) atoms. The zero-order chi connectivity index (χ0) is 25.0. The molecule has 182 valence electrons. The maximum Gasteiger partial charge on any atom is 0.405 e. The van der Waals surface area contributed by atoms with Gasteiger partial charge in [-0.25, -0.2) is 9.78 Å². The number of hydrogen-bond acceptors (Lipinski definition) is 5. The molecule has 0 saturated carbocycles. The second-order valence-electron chi connectivity index (χ2n) is 7.60. The first-order valence-corrected chi connectivity index (χ1v) is 10.6. The molecule has 0 spiro atoms. The van der Waals surface area contributed by atoms with Crippen LogP contribution in [-0.2, 0) is 16.2 Å². The van der Waals surface area contributed by atoms with Gasteiger partial charge in [0.05, 0.1) is 23.8 Å². The van der Waals surface area contributed by atoms with Crippen LogP contribution in [0.5, 0.6) is 0 Å². The van der Waals surface area contributed by atoms with Crippen LogP contribution in [-0.4, -0.2) is 44.4 Å². The molecule has 0 unspecified atom stereocenters. The number of nitrogens with zero attached hydrogens (tertiary/aromatic N) is 5. The van der Waals surface area contributed by atoms with E-state index in [0.29, 0.717) is 22.0 Å². The molecule has 0 atom stereocenters.